The highest BCUT2D eigenvalue weighted by Crippen LogP contribution is 2.27. The van der Waals surface area contributed by atoms with Gasteiger partial charge in [-0.1, -0.05) is 68.5 Å². The maximum atomic E-state index is 2.30. The number of hydrogen-bond acceptors (Lipinski definition) is 1. The molecule has 0 fully saturated rings. The van der Waals surface area contributed by atoms with Gasteiger partial charge >= 0.3 is 0 Å². The predicted molar refractivity (Wildman–Crippen MR) is 85.3 cm³/mol. The third-order valence-electron chi connectivity index (χ3n) is 3.25. The predicted octanol–water partition coefficient (Wildman–Crippen LogP) is 4.83. The van der Waals surface area contributed by atoms with Gasteiger partial charge in [0.15, 0.2) is 0 Å². The van der Waals surface area contributed by atoms with E-state index in [4.69, 9.17) is 0 Å². The molecule has 0 aromatic heterocycles. The van der Waals surface area contributed by atoms with Crippen molar-refractivity contribution in [3.05, 3.63) is 65.2 Å². The number of anilines is 1. The highest BCUT2D eigenvalue weighted by Gasteiger charge is 2.10. The summed E-state index contributed by atoms with van der Waals surface area (Å²) in [6.45, 7) is 4.96. The highest BCUT2D eigenvalue weighted by molar-refractivity contribution is 5.79. The van der Waals surface area contributed by atoms with Gasteiger partial charge in [0.1, 0.15) is 0 Å². The lowest BCUT2D eigenvalue weighted by atomic mass is 10.0. The van der Waals surface area contributed by atoms with Crippen LogP contribution < -0.4 is 4.90 Å². The SMILES string of the molecule is CC.CN1Cc2ccccc2/C=C\c2ccccc21. The zero-order chi connectivity index (χ0) is 13.7. The molecule has 0 unspecified atom stereocenters. The lowest BCUT2D eigenvalue weighted by molar-refractivity contribution is 0.918. The van der Waals surface area contributed by atoms with Gasteiger partial charge in [-0.15, -0.1) is 0 Å². The highest BCUT2D eigenvalue weighted by atomic mass is 15.1. The third kappa shape index (κ3) is 2.87. The van der Waals surface area contributed by atoms with Crippen LogP contribution in [0.1, 0.15) is 30.5 Å². The molecule has 0 radical (unpaired) electrons. The molecule has 1 heterocycles. The molecular weight excluding hydrogens is 230 g/mol. The Morgan fingerprint density at radius 1 is 0.789 bits per heavy atom. The molecule has 98 valence electrons. The van der Waals surface area contributed by atoms with Gasteiger partial charge in [-0.05, 0) is 22.8 Å². The lowest BCUT2D eigenvalue weighted by Gasteiger charge is -2.24. The van der Waals surface area contributed by atoms with Crippen LogP contribution in [0.25, 0.3) is 12.2 Å². The van der Waals surface area contributed by atoms with Crippen LogP contribution in [0.2, 0.25) is 0 Å². The van der Waals surface area contributed by atoms with Crippen molar-refractivity contribution >= 4 is 17.8 Å². The minimum atomic E-state index is 0.956. The summed E-state index contributed by atoms with van der Waals surface area (Å²) in [7, 11) is 2.15. The van der Waals surface area contributed by atoms with Gasteiger partial charge in [0, 0.05) is 19.3 Å². The van der Waals surface area contributed by atoms with Crippen LogP contribution >= 0.6 is 0 Å². The average molecular weight is 251 g/mol. The molecule has 2 aromatic rings. The smallest absolute Gasteiger partial charge is 0.0440 e. The summed E-state index contributed by atoms with van der Waals surface area (Å²) in [4.78, 5) is 2.30. The van der Waals surface area contributed by atoms with Crippen molar-refractivity contribution in [2.24, 2.45) is 0 Å². The summed E-state index contributed by atoms with van der Waals surface area (Å²) in [5.41, 5.74) is 5.26. The molecule has 0 saturated carbocycles. The molecule has 0 bridgehead atoms. The second-order valence-electron chi connectivity index (χ2n) is 4.45. The van der Waals surface area contributed by atoms with E-state index < -0.39 is 0 Å². The molecular formula is C18H21N. The number of nitrogens with zero attached hydrogens (tertiary/aromatic N) is 1. The molecule has 0 saturated heterocycles. The van der Waals surface area contributed by atoms with E-state index in [1.54, 1.807) is 0 Å². The van der Waals surface area contributed by atoms with Gasteiger partial charge in [0.2, 0.25) is 0 Å². The van der Waals surface area contributed by atoms with E-state index in [0.29, 0.717) is 0 Å². The fourth-order valence-electron chi connectivity index (χ4n) is 2.34. The molecule has 1 aliphatic rings. The molecule has 3 rings (SSSR count). The van der Waals surface area contributed by atoms with E-state index >= 15 is 0 Å². The van der Waals surface area contributed by atoms with E-state index in [0.717, 1.165) is 6.54 Å². The zero-order valence-corrected chi connectivity index (χ0v) is 11.9. The summed E-state index contributed by atoms with van der Waals surface area (Å²) >= 11 is 0. The van der Waals surface area contributed by atoms with Crippen molar-refractivity contribution in [1.82, 2.24) is 0 Å². The number of hydrogen-bond donors (Lipinski definition) is 0. The topological polar surface area (TPSA) is 3.24 Å². The third-order valence-corrected chi connectivity index (χ3v) is 3.25. The van der Waals surface area contributed by atoms with E-state index in [2.05, 4.69) is 72.6 Å². The second-order valence-corrected chi connectivity index (χ2v) is 4.45. The minimum Gasteiger partial charge on any atom is -0.370 e. The van der Waals surface area contributed by atoms with Gasteiger partial charge in [0.05, 0.1) is 0 Å². The van der Waals surface area contributed by atoms with Crippen molar-refractivity contribution in [2.75, 3.05) is 11.9 Å². The molecule has 0 spiro atoms. The van der Waals surface area contributed by atoms with Crippen LogP contribution in [-0.2, 0) is 6.54 Å². The molecule has 19 heavy (non-hydrogen) atoms. The molecule has 0 aliphatic carbocycles. The first-order valence-corrected chi connectivity index (χ1v) is 6.91. The Morgan fingerprint density at radius 2 is 1.37 bits per heavy atom. The lowest BCUT2D eigenvalue weighted by Crippen LogP contribution is -2.18. The van der Waals surface area contributed by atoms with Gasteiger partial charge in [0.25, 0.3) is 0 Å². The average Bonchev–Trinajstić information content (AvgIpc) is 2.47. The maximum absolute atomic E-state index is 2.30. The number of benzene rings is 2. The molecule has 1 aliphatic heterocycles. The number of fused-ring (bicyclic) bond motifs is 2. The molecule has 0 N–H and O–H groups in total. The van der Waals surface area contributed by atoms with Crippen LogP contribution in [0.15, 0.2) is 48.5 Å². The first-order chi connectivity index (χ1) is 9.34. The molecule has 1 heteroatoms. The van der Waals surface area contributed by atoms with Crippen LogP contribution in [-0.4, -0.2) is 7.05 Å². The van der Waals surface area contributed by atoms with Crippen LogP contribution in [0, 0.1) is 0 Å². The minimum absolute atomic E-state index is 0.956. The monoisotopic (exact) mass is 251 g/mol. The maximum Gasteiger partial charge on any atom is 0.0440 e. The van der Waals surface area contributed by atoms with Crippen molar-refractivity contribution < 1.29 is 0 Å². The molecule has 2 aromatic carbocycles. The van der Waals surface area contributed by atoms with E-state index in [1.165, 1.54) is 22.4 Å². The van der Waals surface area contributed by atoms with Crippen molar-refractivity contribution in [1.29, 1.82) is 0 Å². The van der Waals surface area contributed by atoms with Crippen molar-refractivity contribution in [3.63, 3.8) is 0 Å². The van der Waals surface area contributed by atoms with Crippen LogP contribution in [0.5, 0.6) is 0 Å². The quantitative estimate of drug-likeness (QED) is 0.648. The normalized spacial score (nSPS) is 14.2. The number of para-hydroxylation sites is 1. The fraction of sp³-hybridized carbons (Fsp3) is 0.222. The Labute approximate surface area is 116 Å². The molecule has 0 atom stereocenters. The van der Waals surface area contributed by atoms with E-state index in [-0.39, 0.29) is 0 Å². The summed E-state index contributed by atoms with van der Waals surface area (Å²) in [6, 6.07) is 17.1. The Kier molecular flexibility index (Phi) is 4.40. The van der Waals surface area contributed by atoms with Gasteiger partial charge in [-0.25, -0.2) is 0 Å². The summed E-state index contributed by atoms with van der Waals surface area (Å²) < 4.78 is 0. The Balaban J connectivity index is 0.000000637. The molecule has 0 amide bonds. The second kappa shape index (κ2) is 6.24. The first kappa shape index (κ1) is 13.4. The summed E-state index contributed by atoms with van der Waals surface area (Å²) in [5.74, 6) is 0. The first-order valence-electron chi connectivity index (χ1n) is 6.91. The Bertz CT molecular complexity index is 569. The number of rotatable bonds is 0. The van der Waals surface area contributed by atoms with Crippen molar-refractivity contribution in [3.8, 4) is 0 Å². The molecule has 1 nitrogen and oxygen atoms in total. The van der Waals surface area contributed by atoms with E-state index in [9.17, 15) is 0 Å². The summed E-state index contributed by atoms with van der Waals surface area (Å²) in [5, 5.41) is 0. The van der Waals surface area contributed by atoms with Crippen molar-refractivity contribution in [2.45, 2.75) is 20.4 Å². The Morgan fingerprint density at radius 3 is 2.16 bits per heavy atom. The zero-order valence-electron chi connectivity index (χ0n) is 11.9. The Hall–Kier alpha value is -2.02. The van der Waals surface area contributed by atoms with Gasteiger partial charge in [-0.2, -0.15) is 0 Å². The van der Waals surface area contributed by atoms with E-state index in [1.807, 2.05) is 13.8 Å². The standard InChI is InChI=1S/C16H15N.C2H6/c1-17-12-15-8-3-2-6-13(15)10-11-14-7-4-5-9-16(14)17;1-2/h2-11H,12H2,1H3;1-2H3/b11-10-;. The van der Waals surface area contributed by atoms with Crippen LogP contribution in [0.4, 0.5) is 5.69 Å². The van der Waals surface area contributed by atoms with Gasteiger partial charge in [-0.3, -0.25) is 0 Å². The van der Waals surface area contributed by atoms with Gasteiger partial charge < -0.3 is 4.90 Å². The fourth-order valence-corrected chi connectivity index (χ4v) is 2.34. The largest absolute Gasteiger partial charge is 0.370 e. The summed E-state index contributed by atoms with van der Waals surface area (Å²) in [6.07, 6.45) is 4.41. The van der Waals surface area contributed by atoms with Crippen LogP contribution in [0.3, 0.4) is 0 Å².